The maximum atomic E-state index is 14.7. The molecule has 8 heteroatoms. The zero-order valence-corrected chi connectivity index (χ0v) is 18.8. The maximum Gasteiger partial charge on any atom is 0.255 e. The number of benzene rings is 2. The number of anilines is 1. The second-order valence-electron chi connectivity index (χ2n) is 8.36. The van der Waals surface area contributed by atoms with E-state index in [2.05, 4.69) is 15.2 Å². The number of pyridine rings is 1. The van der Waals surface area contributed by atoms with Gasteiger partial charge in [0.05, 0.1) is 11.8 Å². The van der Waals surface area contributed by atoms with Crippen molar-refractivity contribution in [2.75, 3.05) is 18.4 Å². The lowest BCUT2D eigenvalue weighted by Gasteiger charge is -2.26. The van der Waals surface area contributed by atoms with Crippen LogP contribution in [0.25, 0.3) is 0 Å². The molecule has 1 saturated heterocycles. The Balaban J connectivity index is 1.36. The summed E-state index contributed by atoms with van der Waals surface area (Å²) in [6, 6.07) is 13.3. The molecule has 3 N–H and O–H groups in total. The van der Waals surface area contributed by atoms with Gasteiger partial charge in [-0.3, -0.25) is 19.5 Å². The van der Waals surface area contributed by atoms with Crippen LogP contribution < -0.4 is 15.8 Å². The average Bonchev–Trinajstić information content (AvgIpc) is 2.85. The van der Waals surface area contributed by atoms with Gasteiger partial charge in [0.15, 0.2) is 0 Å². The number of primary amides is 1. The second-order valence-corrected chi connectivity index (χ2v) is 8.36. The Morgan fingerprint density at radius 2 is 1.85 bits per heavy atom. The van der Waals surface area contributed by atoms with Gasteiger partial charge in [0.1, 0.15) is 18.2 Å². The number of halogens is 1. The van der Waals surface area contributed by atoms with Gasteiger partial charge in [0.2, 0.25) is 5.91 Å². The Kier molecular flexibility index (Phi) is 7.49. The minimum Gasteiger partial charge on any atom is -0.487 e. The van der Waals surface area contributed by atoms with Crippen LogP contribution >= 0.6 is 0 Å². The highest BCUT2D eigenvalue weighted by molar-refractivity contribution is 6.04. The Morgan fingerprint density at radius 1 is 1.03 bits per heavy atom. The van der Waals surface area contributed by atoms with Gasteiger partial charge < -0.3 is 15.8 Å². The zero-order valence-electron chi connectivity index (χ0n) is 18.8. The quantitative estimate of drug-likeness (QED) is 0.524. The topological polar surface area (TPSA) is 97.5 Å². The van der Waals surface area contributed by atoms with Gasteiger partial charge in [0.25, 0.3) is 5.91 Å². The molecule has 176 valence electrons. The van der Waals surface area contributed by atoms with E-state index in [-0.39, 0.29) is 29.5 Å². The second kappa shape index (κ2) is 10.9. The number of ether oxygens (including phenoxy) is 1. The molecule has 34 heavy (non-hydrogen) atoms. The van der Waals surface area contributed by atoms with Crippen molar-refractivity contribution in [3.8, 4) is 5.75 Å². The van der Waals surface area contributed by atoms with Crippen molar-refractivity contribution in [1.29, 1.82) is 0 Å². The first kappa shape index (κ1) is 23.4. The Morgan fingerprint density at radius 3 is 2.62 bits per heavy atom. The molecule has 1 fully saturated rings. The van der Waals surface area contributed by atoms with E-state index in [1.807, 2.05) is 6.07 Å². The van der Waals surface area contributed by atoms with Crippen LogP contribution in [0, 0.1) is 5.82 Å². The Bertz CT molecular complexity index is 1180. The summed E-state index contributed by atoms with van der Waals surface area (Å²) in [6.45, 7) is 2.73. The highest BCUT2D eigenvalue weighted by Gasteiger charge is 2.15. The summed E-state index contributed by atoms with van der Waals surface area (Å²) < 4.78 is 20.3. The van der Waals surface area contributed by atoms with Gasteiger partial charge in [-0.05, 0) is 61.8 Å². The Hall–Kier alpha value is -3.78. The van der Waals surface area contributed by atoms with Crippen molar-refractivity contribution in [3.05, 3.63) is 89.0 Å². The molecular weight excluding hydrogens is 435 g/mol. The van der Waals surface area contributed by atoms with E-state index in [1.165, 1.54) is 30.9 Å². The molecule has 0 saturated carbocycles. The zero-order chi connectivity index (χ0) is 23.9. The normalized spacial score (nSPS) is 13.9. The van der Waals surface area contributed by atoms with Gasteiger partial charge in [-0.15, -0.1) is 0 Å². The smallest absolute Gasteiger partial charge is 0.255 e. The molecule has 2 amide bonds. The first-order valence-electron chi connectivity index (χ1n) is 11.3. The summed E-state index contributed by atoms with van der Waals surface area (Å²) in [4.78, 5) is 30.2. The lowest BCUT2D eigenvalue weighted by Crippen LogP contribution is -2.29. The molecule has 0 radical (unpaired) electrons. The first-order valence-corrected chi connectivity index (χ1v) is 11.3. The highest BCUT2D eigenvalue weighted by Crippen LogP contribution is 2.19. The number of hydrogen-bond donors (Lipinski definition) is 2. The molecule has 3 aromatic rings. The summed E-state index contributed by atoms with van der Waals surface area (Å²) in [6.07, 6.45) is 6.37. The van der Waals surface area contributed by atoms with E-state index in [0.717, 1.165) is 31.5 Å². The van der Waals surface area contributed by atoms with Crippen LogP contribution in [0.1, 0.15) is 51.1 Å². The molecule has 0 spiro atoms. The largest absolute Gasteiger partial charge is 0.487 e. The molecule has 0 bridgehead atoms. The summed E-state index contributed by atoms with van der Waals surface area (Å²) in [5.41, 5.74) is 7.74. The van der Waals surface area contributed by atoms with Crippen LogP contribution in [-0.4, -0.2) is 34.8 Å². The SMILES string of the molecule is NC(=O)c1cncc(OCc2cccc(NC(=O)c3ccc(CN4CCCCC4)c(F)c3)c2)c1. The molecule has 0 aliphatic carbocycles. The van der Waals surface area contributed by atoms with Crippen molar-refractivity contribution in [1.82, 2.24) is 9.88 Å². The van der Waals surface area contributed by atoms with Crippen LogP contribution in [0.4, 0.5) is 10.1 Å². The molecule has 2 heterocycles. The van der Waals surface area contributed by atoms with E-state index in [9.17, 15) is 14.0 Å². The van der Waals surface area contributed by atoms with E-state index >= 15 is 0 Å². The number of rotatable bonds is 8. The minimum absolute atomic E-state index is 0.202. The molecule has 1 aromatic heterocycles. The predicted molar refractivity (Wildman–Crippen MR) is 127 cm³/mol. The van der Waals surface area contributed by atoms with Gasteiger partial charge >= 0.3 is 0 Å². The number of nitrogens with one attached hydrogen (secondary N) is 1. The molecule has 0 unspecified atom stereocenters. The van der Waals surface area contributed by atoms with Crippen molar-refractivity contribution >= 4 is 17.5 Å². The molecule has 1 aliphatic rings. The van der Waals surface area contributed by atoms with Crippen molar-refractivity contribution in [2.45, 2.75) is 32.4 Å². The van der Waals surface area contributed by atoms with Crippen LogP contribution in [-0.2, 0) is 13.2 Å². The van der Waals surface area contributed by atoms with Crippen LogP contribution in [0.3, 0.4) is 0 Å². The third kappa shape index (κ3) is 6.17. The van der Waals surface area contributed by atoms with Crippen molar-refractivity contribution < 1.29 is 18.7 Å². The van der Waals surface area contributed by atoms with E-state index in [0.29, 0.717) is 23.5 Å². The molecule has 2 aromatic carbocycles. The number of likely N-dealkylation sites (tertiary alicyclic amines) is 1. The van der Waals surface area contributed by atoms with Gasteiger partial charge in [-0.2, -0.15) is 0 Å². The maximum absolute atomic E-state index is 14.7. The fourth-order valence-corrected chi connectivity index (χ4v) is 3.92. The summed E-state index contributed by atoms with van der Waals surface area (Å²) in [7, 11) is 0. The number of hydrogen-bond acceptors (Lipinski definition) is 5. The Labute approximate surface area is 197 Å². The average molecular weight is 463 g/mol. The number of piperidine rings is 1. The van der Waals surface area contributed by atoms with Crippen LogP contribution in [0.15, 0.2) is 60.9 Å². The number of aromatic nitrogens is 1. The fraction of sp³-hybridized carbons (Fsp3) is 0.269. The van der Waals surface area contributed by atoms with E-state index in [4.69, 9.17) is 10.5 Å². The minimum atomic E-state index is -0.585. The number of carbonyl (C=O) groups is 2. The van der Waals surface area contributed by atoms with Crippen molar-refractivity contribution in [2.24, 2.45) is 5.73 Å². The number of nitrogens with zero attached hydrogens (tertiary/aromatic N) is 2. The third-order valence-electron chi connectivity index (χ3n) is 5.75. The molecular formula is C26H27FN4O3. The summed E-state index contributed by atoms with van der Waals surface area (Å²) in [5.74, 6) is -0.934. The van der Waals surface area contributed by atoms with Gasteiger partial charge in [-0.25, -0.2) is 4.39 Å². The lowest BCUT2D eigenvalue weighted by atomic mass is 10.1. The number of carbonyl (C=O) groups excluding carboxylic acids is 2. The molecule has 0 atom stereocenters. The fourth-order valence-electron chi connectivity index (χ4n) is 3.92. The van der Waals surface area contributed by atoms with E-state index in [1.54, 1.807) is 30.3 Å². The number of nitrogens with two attached hydrogens (primary N) is 1. The third-order valence-corrected chi connectivity index (χ3v) is 5.75. The predicted octanol–water partition coefficient (Wildman–Crippen LogP) is 4.14. The highest BCUT2D eigenvalue weighted by atomic mass is 19.1. The molecule has 4 rings (SSSR count). The summed E-state index contributed by atoms with van der Waals surface area (Å²) in [5, 5.41) is 2.80. The van der Waals surface area contributed by atoms with E-state index < -0.39 is 5.91 Å². The van der Waals surface area contributed by atoms with Crippen LogP contribution in [0.2, 0.25) is 0 Å². The van der Waals surface area contributed by atoms with Gasteiger partial charge in [-0.1, -0.05) is 24.6 Å². The molecule has 7 nitrogen and oxygen atoms in total. The standard InChI is InChI=1S/C26H27FN4O3/c27-24-13-19(7-8-20(24)16-31-9-2-1-3-10-31)26(33)30-22-6-4-5-18(11-22)17-34-23-12-21(25(28)32)14-29-15-23/h4-8,11-15H,1-3,9-10,16-17H2,(H2,28,32)(H,30,33). The monoisotopic (exact) mass is 462 g/mol. The van der Waals surface area contributed by atoms with Crippen LogP contribution in [0.5, 0.6) is 5.75 Å². The first-order chi connectivity index (χ1) is 16.5. The summed E-state index contributed by atoms with van der Waals surface area (Å²) >= 11 is 0. The number of amides is 2. The van der Waals surface area contributed by atoms with Gasteiger partial charge in [0, 0.05) is 29.6 Å². The lowest BCUT2D eigenvalue weighted by molar-refractivity contribution is 0.0997. The van der Waals surface area contributed by atoms with Crippen molar-refractivity contribution in [3.63, 3.8) is 0 Å². The molecule has 1 aliphatic heterocycles.